The smallest absolute Gasteiger partial charge is 0.237 e. The zero-order valence-electron chi connectivity index (χ0n) is 9.66. The molecule has 0 bridgehead atoms. The molecule has 15 heavy (non-hydrogen) atoms. The minimum absolute atomic E-state index is 0.0849. The number of hydrogen-bond acceptors (Lipinski definition) is 3. The summed E-state index contributed by atoms with van der Waals surface area (Å²) in [4.78, 5) is 15.9. The largest absolute Gasteiger partial charge is 0.353 e. The molecule has 1 N–H and O–H groups in total. The van der Waals surface area contributed by atoms with Crippen molar-refractivity contribution in [3.8, 4) is 0 Å². The highest BCUT2D eigenvalue weighted by atomic mass is 35.5. The van der Waals surface area contributed by atoms with Gasteiger partial charge in [-0.25, -0.2) is 0 Å². The molecule has 88 valence electrons. The maximum atomic E-state index is 11.3. The molecule has 0 aromatic rings. The van der Waals surface area contributed by atoms with Gasteiger partial charge in [-0.15, -0.1) is 11.6 Å². The number of nitrogens with one attached hydrogen (secondary N) is 1. The molecule has 1 rings (SSSR count). The maximum absolute atomic E-state index is 11.3. The standard InChI is InChI=1S/C10H20ClN3O/c1-8(11)10(15)12-6-9-7-13(2)4-5-14(9)3/h8-9H,4-7H2,1-3H3,(H,12,15). The van der Waals surface area contributed by atoms with E-state index >= 15 is 0 Å². The van der Waals surface area contributed by atoms with E-state index in [1.54, 1.807) is 6.92 Å². The van der Waals surface area contributed by atoms with Crippen LogP contribution < -0.4 is 5.32 Å². The summed E-state index contributed by atoms with van der Waals surface area (Å²) in [6.45, 7) is 5.50. The molecule has 0 spiro atoms. The number of halogens is 1. The van der Waals surface area contributed by atoms with Gasteiger partial charge in [-0.1, -0.05) is 0 Å². The summed E-state index contributed by atoms with van der Waals surface area (Å²) in [6.07, 6.45) is 0. The summed E-state index contributed by atoms with van der Waals surface area (Å²) in [5, 5.41) is 2.42. The Morgan fingerprint density at radius 3 is 2.80 bits per heavy atom. The van der Waals surface area contributed by atoms with Crippen molar-refractivity contribution in [2.45, 2.75) is 18.3 Å². The van der Waals surface area contributed by atoms with Crippen molar-refractivity contribution in [2.75, 3.05) is 40.3 Å². The van der Waals surface area contributed by atoms with E-state index in [0.717, 1.165) is 19.6 Å². The van der Waals surface area contributed by atoms with Crippen molar-refractivity contribution in [3.05, 3.63) is 0 Å². The summed E-state index contributed by atoms with van der Waals surface area (Å²) in [6, 6.07) is 0.392. The van der Waals surface area contributed by atoms with Gasteiger partial charge in [0.05, 0.1) is 0 Å². The molecule has 1 aliphatic rings. The summed E-state index contributed by atoms with van der Waals surface area (Å²) in [7, 11) is 4.19. The quantitative estimate of drug-likeness (QED) is 0.696. The molecule has 1 amide bonds. The molecule has 5 heteroatoms. The Morgan fingerprint density at radius 1 is 1.53 bits per heavy atom. The molecule has 0 aromatic heterocycles. The second-order valence-electron chi connectivity index (χ2n) is 4.26. The fourth-order valence-corrected chi connectivity index (χ4v) is 1.76. The first-order chi connectivity index (χ1) is 7.00. The van der Waals surface area contributed by atoms with Crippen molar-refractivity contribution in [1.82, 2.24) is 15.1 Å². The lowest BCUT2D eigenvalue weighted by atomic mass is 10.2. The lowest BCUT2D eigenvalue weighted by Gasteiger charge is -2.37. The van der Waals surface area contributed by atoms with Crippen LogP contribution in [0.5, 0.6) is 0 Å². The van der Waals surface area contributed by atoms with Gasteiger partial charge in [0.25, 0.3) is 0 Å². The number of piperazine rings is 1. The molecule has 1 heterocycles. The van der Waals surface area contributed by atoms with Gasteiger partial charge >= 0.3 is 0 Å². The van der Waals surface area contributed by atoms with E-state index in [1.165, 1.54) is 0 Å². The Kier molecular flexibility index (Phi) is 4.83. The number of carbonyl (C=O) groups excluding carboxylic acids is 1. The first kappa shape index (κ1) is 12.7. The molecule has 1 aliphatic heterocycles. The highest BCUT2D eigenvalue weighted by molar-refractivity contribution is 6.30. The Bertz CT molecular complexity index is 223. The van der Waals surface area contributed by atoms with Gasteiger partial charge in [-0.3, -0.25) is 9.69 Å². The second-order valence-corrected chi connectivity index (χ2v) is 4.91. The third-order valence-corrected chi connectivity index (χ3v) is 3.05. The monoisotopic (exact) mass is 233 g/mol. The normalized spacial score (nSPS) is 26.3. The number of amides is 1. The second kappa shape index (κ2) is 5.68. The van der Waals surface area contributed by atoms with Crippen LogP contribution >= 0.6 is 11.6 Å². The van der Waals surface area contributed by atoms with Gasteiger partial charge in [-0.2, -0.15) is 0 Å². The number of alkyl halides is 1. The fourth-order valence-electron chi connectivity index (χ4n) is 1.68. The minimum Gasteiger partial charge on any atom is -0.353 e. The molecule has 0 radical (unpaired) electrons. The van der Waals surface area contributed by atoms with E-state index < -0.39 is 5.38 Å². The SMILES string of the molecule is CC(Cl)C(=O)NCC1CN(C)CCN1C. The van der Waals surface area contributed by atoms with Crippen molar-refractivity contribution >= 4 is 17.5 Å². The number of likely N-dealkylation sites (N-methyl/N-ethyl adjacent to an activating group) is 2. The van der Waals surface area contributed by atoms with Crippen LogP contribution in [0.25, 0.3) is 0 Å². The molecule has 0 aromatic carbocycles. The van der Waals surface area contributed by atoms with E-state index in [-0.39, 0.29) is 5.91 Å². The molecular weight excluding hydrogens is 214 g/mol. The molecule has 2 unspecified atom stereocenters. The van der Waals surface area contributed by atoms with Crippen LogP contribution in [-0.4, -0.2) is 67.4 Å². The van der Waals surface area contributed by atoms with Gasteiger partial charge in [-0.05, 0) is 21.0 Å². The van der Waals surface area contributed by atoms with Crippen molar-refractivity contribution in [1.29, 1.82) is 0 Å². The molecule has 0 aliphatic carbocycles. The van der Waals surface area contributed by atoms with Gasteiger partial charge in [0.1, 0.15) is 5.38 Å². The molecule has 0 saturated carbocycles. The summed E-state index contributed by atoms with van der Waals surface area (Å²) in [5.41, 5.74) is 0. The van der Waals surface area contributed by atoms with Crippen LogP contribution in [0.2, 0.25) is 0 Å². The number of carbonyl (C=O) groups is 1. The van der Waals surface area contributed by atoms with Crippen LogP contribution in [0.1, 0.15) is 6.92 Å². The molecule has 1 saturated heterocycles. The highest BCUT2D eigenvalue weighted by Gasteiger charge is 2.22. The maximum Gasteiger partial charge on any atom is 0.237 e. The number of nitrogens with zero attached hydrogens (tertiary/aromatic N) is 2. The molecule has 2 atom stereocenters. The van der Waals surface area contributed by atoms with Gasteiger partial charge < -0.3 is 10.2 Å². The van der Waals surface area contributed by atoms with Gasteiger partial charge in [0, 0.05) is 32.2 Å². The third kappa shape index (κ3) is 3.97. The topological polar surface area (TPSA) is 35.6 Å². The summed E-state index contributed by atoms with van der Waals surface area (Å²) < 4.78 is 0. The third-order valence-electron chi connectivity index (χ3n) is 2.85. The van der Waals surface area contributed by atoms with Crippen LogP contribution in [0, 0.1) is 0 Å². The van der Waals surface area contributed by atoms with Crippen molar-refractivity contribution in [3.63, 3.8) is 0 Å². The minimum atomic E-state index is -0.448. The van der Waals surface area contributed by atoms with Gasteiger partial charge in [0.2, 0.25) is 5.91 Å². The van der Waals surface area contributed by atoms with Crippen molar-refractivity contribution < 1.29 is 4.79 Å². The van der Waals surface area contributed by atoms with Gasteiger partial charge in [0.15, 0.2) is 0 Å². The Morgan fingerprint density at radius 2 is 2.20 bits per heavy atom. The summed E-state index contributed by atoms with van der Waals surface area (Å²) >= 11 is 5.67. The average Bonchev–Trinajstić information content (AvgIpc) is 2.18. The Balaban J connectivity index is 2.33. The Hall–Kier alpha value is -0.320. The number of hydrogen-bond donors (Lipinski definition) is 1. The van der Waals surface area contributed by atoms with E-state index in [4.69, 9.17) is 11.6 Å². The van der Waals surface area contributed by atoms with Crippen LogP contribution in [-0.2, 0) is 4.79 Å². The fraction of sp³-hybridized carbons (Fsp3) is 0.900. The molecular formula is C10H20ClN3O. The zero-order valence-corrected chi connectivity index (χ0v) is 10.4. The van der Waals surface area contributed by atoms with E-state index in [2.05, 4.69) is 29.2 Å². The Labute approximate surface area is 96.6 Å². The van der Waals surface area contributed by atoms with E-state index in [9.17, 15) is 4.79 Å². The summed E-state index contributed by atoms with van der Waals surface area (Å²) in [5.74, 6) is -0.0849. The van der Waals surface area contributed by atoms with Crippen LogP contribution in [0.4, 0.5) is 0 Å². The number of rotatable bonds is 3. The predicted octanol–water partition coefficient (Wildman–Crippen LogP) is -0.0243. The predicted molar refractivity (Wildman–Crippen MR) is 62.2 cm³/mol. The van der Waals surface area contributed by atoms with Crippen molar-refractivity contribution in [2.24, 2.45) is 0 Å². The van der Waals surface area contributed by atoms with E-state index in [0.29, 0.717) is 12.6 Å². The van der Waals surface area contributed by atoms with Crippen LogP contribution in [0.3, 0.4) is 0 Å². The van der Waals surface area contributed by atoms with E-state index in [1.807, 2.05) is 0 Å². The first-order valence-electron chi connectivity index (χ1n) is 5.31. The first-order valence-corrected chi connectivity index (χ1v) is 5.75. The molecule has 1 fully saturated rings. The molecule has 4 nitrogen and oxygen atoms in total. The highest BCUT2D eigenvalue weighted by Crippen LogP contribution is 2.05. The lowest BCUT2D eigenvalue weighted by molar-refractivity contribution is -0.120. The van der Waals surface area contributed by atoms with Crippen LogP contribution in [0.15, 0.2) is 0 Å². The lowest BCUT2D eigenvalue weighted by Crippen LogP contribution is -2.54. The average molecular weight is 234 g/mol. The zero-order chi connectivity index (χ0) is 11.4.